The van der Waals surface area contributed by atoms with E-state index in [-0.39, 0.29) is 6.04 Å². The molecule has 0 saturated heterocycles. The maximum atomic E-state index is 6.34. The number of nitrogens with one attached hydrogen (secondary N) is 1. The molecule has 1 unspecified atom stereocenters. The lowest BCUT2D eigenvalue weighted by Crippen LogP contribution is -2.39. The number of fused-ring (bicyclic) bond motifs is 3. The number of benzene rings is 1. The molecule has 2 aliphatic heterocycles. The maximum Gasteiger partial charge on any atom is 0.193 e. The Bertz CT molecular complexity index is 1040. The number of anilines is 1. The average Bonchev–Trinajstić information content (AvgIpc) is 3.22. The second-order valence-corrected chi connectivity index (χ2v) is 8.41. The summed E-state index contributed by atoms with van der Waals surface area (Å²) in [6.07, 6.45) is 0. The molecule has 0 radical (unpaired) electrons. The molecular weight excluding hydrogens is 395 g/mol. The summed E-state index contributed by atoms with van der Waals surface area (Å²) >= 11 is 12.4. The lowest BCUT2D eigenvalue weighted by Gasteiger charge is -2.34. The standard InChI is InChI=1S/C21H22Cl2N4O/c1-25-11-15-19(13-4-3-5-14(22)10-13)27-9-8-24-18(16-6-7-17(23)28-16)21(27)20(15)26(2)12-25/h3-7,10,18,24H,8-9,11-12H2,1-2H3. The predicted molar refractivity (Wildman–Crippen MR) is 113 cm³/mol. The van der Waals surface area contributed by atoms with Crippen molar-refractivity contribution in [3.8, 4) is 11.3 Å². The minimum absolute atomic E-state index is 0.0335. The second-order valence-electron chi connectivity index (χ2n) is 7.61. The molecule has 1 N–H and O–H groups in total. The zero-order valence-electron chi connectivity index (χ0n) is 15.9. The van der Waals surface area contributed by atoms with Crippen LogP contribution < -0.4 is 10.2 Å². The first-order chi connectivity index (χ1) is 13.5. The summed E-state index contributed by atoms with van der Waals surface area (Å²) in [6, 6.07) is 11.9. The van der Waals surface area contributed by atoms with E-state index in [9.17, 15) is 0 Å². The van der Waals surface area contributed by atoms with Crippen molar-refractivity contribution in [3.05, 3.63) is 63.7 Å². The van der Waals surface area contributed by atoms with E-state index >= 15 is 0 Å². The third-order valence-electron chi connectivity index (χ3n) is 5.57. The van der Waals surface area contributed by atoms with E-state index in [1.807, 2.05) is 24.3 Å². The Morgan fingerprint density at radius 3 is 2.75 bits per heavy atom. The van der Waals surface area contributed by atoms with Crippen LogP contribution in [0.5, 0.6) is 0 Å². The fourth-order valence-corrected chi connectivity index (χ4v) is 4.98. The highest BCUT2D eigenvalue weighted by Gasteiger charge is 2.36. The zero-order valence-corrected chi connectivity index (χ0v) is 17.4. The van der Waals surface area contributed by atoms with Crippen molar-refractivity contribution in [3.63, 3.8) is 0 Å². The third-order valence-corrected chi connectivity index (χ3v) is 6.01. The second kappa shape index (κ2) is 6.85. The van der Waals surface area contributed by atoms with Crippen molar-refractivity contribution < 1.29 is 4.42 Å². The lowest BCUT2D eigenvalue weighted by molar-refractivity contribution is 0.316. The Morgan fingerprint density at radius 1 is 1.14 bits per heavy atom. The summed E-state index contributed by atoms with van der Waals surface area (Å²) < 4.78 is 8.23. The molecule has 0 amide bonds. The van der Waals surface area contributed by atoms with Gasteiger partial charge in [0.1, 0.15) is 11.8 Å². The molecule has 7 heteroatoms. The largest absolute Gasteiger partial charge is 0.448 e. The van der Waals surface area contributed by atoms with Crippen molar-refractivity contribution in [2.45, 2.75) is 19.1 Å². The Labute approximate surface area is 174 Å². The van der Waals surface area contributed by atoms with Gasteiger partial charge < -0.3 is 19.2 Å². The third kappa shape index (κ3) is 2.85. The van der Waals surface area contributed by atoms with Crippen LogP contribution in [0.2, 0.25) is 10.2 Å². The summed E-state index contributed by atoms with van der Waals surface area (Å²) in [6.45, 7) is 3.53. The van der Waals surface area contributed by atoms with E-state index in [1.54, 1.807) is 0 Å². The molecule has 0 saturated carbocycles. The first kappa shape index (κ1) is 18.1. The van der Waals surface area contributed by atoms with Crippen LogP contribution in [0, 0.1) is 0 Å². The molecule has 0 bridgehead atoms. The van der Waals surface area contributed by atoms with Crippen LogP contribution in [-0.2, 0) is 13.1 Å². The van der Waals surface area contributed by atoms with Gasteiger partial charge in [-0.15, -0.1) is 0 Å². The first-order valence-corrected chi connectivity index (χ1v) is 10.2. The number of halogens is 2. The molecule has 2 aliphatic rings. The Kier molecular flexibility index (Phi) is 4.43. The minimum atomic E-state index is -0.0335. The topological polar surface area (TPSA) is 36.6 Å². The van der Waals surface area contributed by atoms with Gasteiger partial charge in [-0.3, -0.25) is 4.90 Å². The van der Waals surface area contributed by atoms with Gasteiger partial charge in [0, 0.05) is 42.8 Å². The van der Waals surface area contributed by atoms with Gasteiger partial charge in [0.25, 0.3) is 0 Å². The number of hydrogen-bond acceptors (Lipinski definition) is 4. The van der Waals surface area contributed by atoms with Crippen molar-refractivity contribution in [1.29, 1.82) is 0 Å². The Hall–Kier alpha value is -1.92. The highest BCUT2D eigenvalue weighted by Crippen LogP contribution is 2.46. The molecule has 0 spiro atoms. The van der Waals surface area contributed by atoms with E-state index in [0.717, 1.165) is 42.6 Å². The van der Waals surface area contributed by atoms with Crippen molar-refractivity contribution in [1.82, 2.24) is 14.8 Å². The van der Waals surface area contributed by atoms with Gasteiger partial charge in [-0.2, -0.15) is 0 Å². The summed E-state index contributed by atoms with van der Waals surface area (Å²) in [5.74, 6) is 0.844. The van der Waals surface area contributed by atoms with E-state index in [0.29, 0.717) is 5.22 Å². The number of nitrogens with zero attached hydrogens (tertiary/aromatic N) is 3. The SMILES string of the molecule is CN1Cc2c(c3n(c2-c2cccc(Cl)c2)CCNC3c2ccc(Cl)o2)N(C)C1. The normalized spacial score (nSPS) is 19.6. The van der Waals surface area contributed by atoms with E-state index < -0.39 is 0 Å². The molecule has 0 aliphatic carbocycles. The van der Waals surface area contributed by atoms with E-state index in [1.165, 1.54) is 22.6 Å². The summed E-state index contributed by atoms with van der Waals surface area (Å²) in [7, 11) is 4.30. The zero-order chi connectivity index (χ0) is 19.4. The highest BCUT2D eigenvalue weighted by molar-refractivity contribution is 6.30. The average molecular weight is 417 g/mol. The molecule has 4 heterocycles. The van der Waals surface area contributed by atoms with Crippen molar-refractivity contribution >= 4 is 28.9 Å². The first-order valence-electron chi connectivity index (χ1n) is 9.42. The van der Waals surface area contributed by atoms with Crippen LogP contribution in [0.25, 0.3) is 11.3 Å². The molecule has 5 rings (SSSR count). The maximum absolute atomic E-state index is 6.34. The number of rotatable bonds is 2. The van der Waals surface area contributed by atoms with Crippen molar-refractivity contribution in [2.24, 2.45) is 0 Å². The molecule has 146 valence electrons. The van der Waals surface area contributed by atoms with Gasteiger partial charge in [-0.1, -0.05) is 23.7 Å². The summed E-state index contributed by atoms with van der Waals surface area (Å²) in [5.41, 5.74) is 6.24. The molecule has 3 aromatic rings. The van der Waals surface area contributed by atoms with Gasteiger partial charge >= 0.3 is 0 Å². The van der Waals surface area contributed by atoms with Gasteiger partial charge in [-0.25, -0.2) is 0 Å². The number of furan rings is 1. The fraction of sp³-hybridized carbons (Fsp3) is 0.333. The Balaban J connectivity index is 1.78. The molecule has 1 aromatic carbocycles. The number of aromatic nitrogens is 1. The van der Waals surface area contributed by atoms with E-state index in [4.69, 9.17) is 27.6 Å². The molecule has 5 nitrogen and oxygen atoms in total. The lowest BCUT2D eigenvalue weighted by atomic mass is 10.0. The fourth-order valence-electron chi connectivity index (χ4n) is 4.63. The van der Waals surface area contributed by atoms with Gasteiger partial charge in [0.15, 0.2) is 5.22 Å². The number of hydrogen-bond donors (Lipinski definition) is 1. The van der Waals surface area contributed by atoms with Gasteiger partial charge in [0.05, 0.1) is 23.7 Å². The van der Waals surface area contributed by atoms with Gasteiger partial charge in [0.2, 0.25) is 0 Å². The highest BCUT2D eigenvalue weighted by atomic mass is 35.5. The molecule has 1 atom stereocenters. The van der Waals surface area contributed by atoms with Crippen molar-refractivity contribution in [2.75, 3.05) is 32.2 Å². The minimum Gasteiger partial charge on any atom is -0.448 e. The monoisotopic (exact) mass is 416 g/mol. The van der Waals surface area contributed by atoms with Crippen LogP contribution in [0.15, 0.2) is 40.8 Å². The predicted octanol–water partition coefficient (Wildman–Crippen LogP) is 4.59. The van der Waals surface area contributed by atoms with E-state index in [2.05, 4.69) is 45.9 Å². The van der Waals surface area contributed by atoms with Crippen LogP contribution in [0.3, 0.4) is 0 Å². The molecule has 2 aromatic heterocycles. The smallest absolute Gasteiger partial charge is 0.193 e. The van der Waals surface area contributed by atoms with Crippen LogP contribution in [-0.4, -0.2) is 36.8 Å². The van der Waals surface area contributed by atoms with Crippen LogP contribution in [0.4, 0.5) is 5.69 Å². The quantitative estimate of drug-likeness (QED) is 0.662. The van der Waals surface area contributed by atoms with Crippen LogP contribution in [0.1, 0.15) is 23.1 Å². The molecule has 0 fully saturated rings. The van der Waals surface area contributed by atoms with Crippen LogP contribution >= 0.6 is 23.2 Å². The Morgan fingerprint density at radius 2 is 2.00 bits per heavy atom. The van der Waals surface area contributed by atoms with Gasteiger partial charge in [-0.05, 0) is 42.9 Å². The summed E-state index contributed by atoms with van der Waals surface area (Å²) in [5, 5.41) is 4.79. The molecule has 28 heavy (non-hydrogen) atoms. The summed E-state index contributed by atoms with van der Waals surface area (Å²) in [4.78, 5) is 4.65. The molecular formula is C21H22Cl2N4O.